The van der Waals surface area contributed by atoms with E-state index >= 15 is 0 Å². The molecule has 1 N–H and O–H groups in total. The van der Waals surface area contributed by atoms with Crippen molar-refractivity contribution in [1.29, 1.82) is 0 Å². The summed E-state index contributed by atoms with van der Waals surface area (Å²) in [5, 5.41) is 3.31. The molecule has 0 radical (unpaired) electrons. The molecule has 2 heterocycles. The number of aromatic nitrogens is 2. The second-order valence-corrected chi connectivity index (χ2v) is 8.34. The molecule has 2 fully saturated rings. The Bertz CT molecular complexity index is 800. The number of nitrogens with one attached hydrogen (secondary N) is 1. The van der Waals surface area contributed by atoms with Crippen LogP contribution >= 0.6 is 0 Å². The average Bonchev–Trinajstić information content (AvgIpc) is 3.03. The van der Waals surface area contributed by atoms with Gasteiger partial charge in [0, 0.05) is 37.4 Å². The van der Waals surface area contributed by atoms with Gasteiger partial charge in [-0.3, -0.25) is 4.90 Å². The molecule has 28 heavy (non-hydrogen) atoms. The highest BCUT2D eigenvalue weighted by atomic mass is 16.2. The van der Waals surface area contributed by atoms with Crippen molar-refractivity contribution in [3.05, 3.63) is 60.2 Å². The fraction of sp³-hybridized carbons (Fsp3) is 0.500. The van der Waals surface area contributed by atoms with Crippen molar-refractivity contribution < 1.29 is 4.79 Å². The van der Waals surface area contributed by atoms with Gasteiger partial charge in [-0.1, -0.05) is 30.3 Å². The lowest BCUT2D eigenvalue weighted by molar-refractivity contribution is 0.0620. The largest absolute Gasteiger partial charge is 0.331 e. The summed E-state index contributed by atoms with van der Waals surface area (Å²) in [7, 11) is 4.34. The van der Waals surface area contributed by atoms with Gasteiger partial charge in [0.1, 0.15) is 5.82 Å². The lowest BCUT2D eigenvalue weighted by Crippen LogP contribution is -2.54. The van der Waals surface area contributed by atoms with Gasteiger partial charge in [0.05, 0.1) is 5.54 Å². The Morgan fingerprint density at radius 3 is 2.36 bits per heavy atom. The first-order chi connectivity index (χ1) is 13.5. The summed E-state index contributed by atoms with van der Waals surface area (Å²) in [5.41, 5.74) is 1.31. The molecule has 2 aliphatic rings. The van der Waals surface area contributed by atoms with E-state index in [0.29, 0.717) is 13.0 Å². The maximum Gasteiger partial charge on any atom is 0.317 e. The second kappa shape index (κ2) is 7.51. The lowest BCUT2D eigenvalue weighted by Gasteiger charge is -2.48. The van der Waals surface area contributed by atoms with Gasteiger partial charge in [0.2, 0.25) is 0 Å². The molecule has 1 aromatic heterocycles. The number of rotatable bonds is 5. The molecule has 0 unspecified atom stereocenters. The number of hydrogen-bond acceptors (Lipinski definition) is 4. The van der Waals surface area contributed by atoms with E-state index in [0.717, 1.165) is 38.1 Å². The summed E-state index contributed by atoms with van der Waals surface area (Å²) in [6.45, 7) is 1.44. The SMILES string of the molecule is CN(C)[C@]1(c2ccccc2)CC[C@@]2(CC1)CN(CCc1ncccn1)C(=O)N2. The zero-order valence-electron chi connectivity index (χ0n) is 16.8. The number of carbonyl (C=O) groups is 1. The van der Waals surface area contributed by atoms with E-state index in [9.17, 15) is 4.79 Å². The minimum Gasteiger partial charge on any atom is -0.331 e. The Balaban J connectivity index is 1.43. The number of carbonyl (C=O) groups excluding carboxylic acids is 1. The molecule has 2 aromatic rings. The van der Waals surface area contributed by atoms with E-state index in [4.69, 9.17) is 0 Å². The molecular weight excluding hydrogens is 350 g/mol. The van der Waals surface area contributed by atoms with Crippen LogP contribution in [0.15, 0.2) is 48.8 Å². The highest BCUT2D eigenvalue weighted by molar-refractivity contribution is 5.78. The number of amides is 2. The zero-order chi connectivity index (χ0) is 19.6. The molecule has 0 atom stereocenters. The number of urea groups is 1. The second-order valence-electron chi connectivity index (χ2n) is 8.34. The average molecular weight is 380 g/mol. The van der Waals surface area contributed by atoms with Gasteiger partial charge in [-0.15, -0.1) is 0 Å². The Kier molecular flexibility index (Phi) is 5.06. The van der Waals surface area contributed by atoms with Crippen LogP contribution in [0.4, 0.5) is 4.79 Å². The Morgan fingerprint density at radius 2 is 1.71 bits per heavy atom. The minimum absolute atomic E-state index is 0.0442. The fourth-order valence-electron chi connectivity index (χ4n) is 4.82. The summed E-state index contributed by atoms with van der Waals surface area (Å²) in [6.07, 6.45) is 8.25. The fourth-order valence-corrected chi connectivity index (χ4v) is 4.82. The van der Waals surface area contributed by atoms with E-state index in [-0.39, 0.29) is 17.1 Å². The van der Waals surface area contributed by atoms with Gasteiger partial charge in [-0.05, 0) is 51.4 Å². The molecule has 1 saturated heterocycles. The third-order valence-electron chi connectivity index (χ3n) is 6.58. The van der Waals surface area contributed by atoms with Crippen molar-refractivity contribution in [3.63, 3.8) is 0 Å². The maximum absolute atomic E-state index is 12.6. The van der Waals surface area contributed by atoms with E-state index in [1.54, 1.807) is 12.4 Å². The summed E-state index contributed by atoms with van der Waals surface area (Å²) in [4.78, 5) is 25.4. The third kappa shape index (κ3) is 3.49. The van der Waals surface area contributed by atoms with E-state index in [2.05, 4.69) is 64.6 Å². The molecule has 1 spiro atoms. The quantitative estimate of drug-likeness (QED) is 0.868. The number of nitrogens with zero attached hydrogens (tertiary/aromatic N) is 4. The molecule has 4 rings (SSSR count). The highest BCUT2D eigenvalue weighted by Gasteiger charge is 2.49. The van der Waals surface area contributed by atoms with Crippen LogP contribution in [0.1, 0.15) is 37.1 Å². The van der Waals surface area contributed by atoms with Crippen LogP contribution in [-0.4, -0.2) is 58.5 Å². The lowest BCUT2D eigenvalue weighted by atomic mass is 9.69. The Morgan fingerprint density at radius 1 is 1.04 bits per heavy atom. The van der Waals surface area contributed by atoms with Crippen molar-refractivity contribution in [2.24, 2.45) is 0 Å². The first-order valence-corrected chi connectivity index (χ1v) is 10.1. The van der Waals surface area contributed by atoms with Crippen molar-refractivity contribution in [1.82, 2.24) is 25.1 Å². The Hall–Kier alpha value is -2.47. The van der Waals surface area contributed by atoms with Crippen LogP contribution in [0.2, 0.25) is 0 Å². The van der Waals surface area contributed by atoms with E-state index in [1.165, 1.54) is 5.56 Å². The first-order valence-electron chi connectivity index (χ1n) is 10.1. The number of benzene rings is 1. The molecule has 1 aromatic carbocycles. The van der Waals surface area contributed by atoms with Gasteiger partial charge in [0.15, 0.2) is 0 Å². The van der Waals surface area contributed by atoms with E-state index < -0.39 is 0 Å². The molecule has 6 heteroatoms. The van der Waals surface area contributed by atoms with Gasteiger partial charge >= 0.3 is 6.03 Å². The smallest absolute Gasteiger partial charge is 0.317 e. The minimum atomic E-state index is -0.108. The monoisotopic (exact) mass is 379 g/mol. The first kappa shape index (κ1) is 18.9. The molecule has 148 valence electrons. The molecule has 6 nitrogen and oxygen atoms in total. The highest BCUT2D eigenvalue weighted by Crippen LogP contribution is 2.45. The normalized spacial score (nSPS) is 27.4. The van der Waals surface area contributed by atoms with Crippen molar-refractivity contribution in [2.75, 3.05) is 27.2 Å². The molecule has 1 saturated carbocycles. The molecule has 1 aliphatic carbocycles. The maximum atomic E-state index is 12.6. The number of hydrogen-bond donors (Lipinski definition) is 1. The molecule has 2 amide bonds. The summed E-state index contributed by atoms with van der Waals surface area (Å²) in [6, 6.07) is 12.6. The summed E-state index contributed by atoms with van der Waals surface area (Å²) >= 11 is 0. The molecule has 0 bridgehead atoms. The van der Waals surface area contributed by atoms with Crippen LogP contribution in [0.5, 0.6) is 0 Å². The van der Waals surface area contributed by atoms with Crippen molar-refractivity contribution >= 4 is 6.03 Å². The third-order valence-corrected chi connectivity index (χ3v) is 6.58. The zero-order valence-corrected chi connectivity index (χ0v) is 16.8. The summed E-state index contributed by atoms with van der Waals surface area (Å²) < 4.78 is 0. The van der Waals surface area contributed by atoms with Crippen molar-refractivity contribution in [2.45, 2.75) is 43.2 Å². The van der Waals surface area contributed by atoms with Crippen LogP contribution in [0.3, 0.4) is 0 Å². The van der Waals surface area contributed by atoms with Gasteiger partial charge < -0.3 is 10.2 Å². The van der Waals surface area contributed by atoms with Gasteiger partial charge in [-0.25, -0.2) is 14.8 Å². The van der Waals surface area contributed by atoms with Crippen LogP contribution < -0.4 is 5.32 Å². The van der Waals surface area contributed by atoms with Crippen LogP contribution in [0, 0.1) is 0 Å². The van der Waals surface area contributed by atoms with Crippen LogP contribution in [-0.2, 0) is 12.0 Å². The van der Waals surface area contributed by atoms with E-state index in [1.807, 2.05) is 11.0 Å². The predicted molar refractivity (Wildman–Crippen MR) is 109 cm³/mol. The molecular formula is C22H29N5O. The standard InChI is InChI=1S/C22H29N5O/c1-26(2)22(18-7-4-3-5-8-18)12-10-21(11-13-22)17-27(20(28)25-21)16-9-19-23-14-6-15-24-19/h3-8,14-15H,9-13,16-17H2,1-2H3,(H,25,28)/t21-,22-. The predicted octanol–water partition coefficient (Wildman–Crippen LogP) is 2.81. The topological polar surface area (TPSA) is 61.4 Å². The van der Waals surface area contributed by atoms with Crippen LogP contribution in [0.25, 0.3) is 0 Å². The van der Waals surface area contributed by atoms with Gasteiger partial charge in [-0.2, -0.15) is 0 Å². The Labute approximate surface area is 167 Å². The van der Waals surface area contributed by atoms with Crippen molar-refractivity contribution in [3.8, 4) is 0 Å². The summed E-state index contributed by atoms with van der Waals surface area (Å²) in [5.74, 6) is 0.788. The van der Waals surface area contributed by atoms with Gasteiger partial charge in [0.25, 0.3) is 0 Å². The molecule has 1 aliphatic heterocycles.